The standard InChI is InChI=1S/C11H15BrFN3.HI/c1-14-11(15-2)16-6-5-8-7-9(12)3-4-10(8)13;/h3-4,7H,5-6H2,1-2H3,(H2,14,15,16);1H. The predicted octanol–water partition coefficient (Wildman–Crippen LogP) is 2.54. The summed E-state index contributed by atoms with van der Waals surface area (Å²) in [5, 5.41) is 5.97. The molecule has 6 heteroatoms. The molecule has 0 spiro atoms. The first-order valence-electron chi connectivity index (χ1n) is 4.99. The minimum Gasteiger partial charge on any atom is -0.359 e. The molecule has 0 aromatic heterocycles. The Balaban J connectivity index is 0.00000256. The SMILES string of the molecule is CN=C(NC)NCCc1cc(Br)ccc1F.I. The third-order valence-corrected chi connectivity index (χ3v) is 2.65. The molecule has 0 saturated carbocycles. The molecule has 0 aliphatic carbocycles. The highest BCUT2D eigenvalue weighted by molar-refractivity contribution is 14.0. The number of halogens is 3. The van der Waals surface area contributed by atoms with Crippen molar-refractivity contribution in [2.75, 3.05) is 20.6 Å². The van der Waals surface area contributed by atoms with E-state index in [4.69, 9.17) is 0 Å². The van der Waals surface area contributed by atoms with Crippen LogP contribution in [0.3, 0.4) is 0 Å². The summed E-state index contributed by atoms with van der Waals surface area (Å²) in [6.07, 6.45) is 0.617. The smallest absolute Gasteiger partial charge is 0.190 e. The van der Waals surface area contributed by atoms with E-state index < -0.39 is 0 Å². The number of rotatable bonds is 3. The average Bonchev–Trinajstić information content (AvgIpc) is 2.29. The van der Waals surface area contributed by atoms with Crippen LogP contribution in [0.4, 0.5) is 4.39 Å². The Hall–Kier alpha value is -0.370. The van der Waals surface area contributed by atoms with Crippen molar-refractivity contribution in [2.45, 2.75) is 6.42 Å². The summed E-state index contributed by atoms with van der Waals surface area (Å²) in [6.45, 7) is 0.640. The first-order chi connectivity index (χ1) is 7.67. The Kier molecular flexibility index (Phi) is 8.49. The van der Waals surface area contributed by atoms with Crippen molar-refractivity contribution in [1.29, 1.82) is 0 Å². The second-order valence-electron chi connectivity index (χ2n) is 3.23. The summed E-state index contributed by atoms with van der Waals surface area (Å²) in [5.74, 6) is 0.528. The molecule has 2 N–H and O–H groups in total. The summed E-state index contributed by atoms with van der Waals surface area (Å²) >= 11 is 3.32. The minimum absolute atomic E-state index is 0. The molecule has 0 radical (unpaired) electrons. The highest BCUT2D eigenvalue weighted by atomic mass is 127. The van der Waals surface area contributed by atoms with Crippen molar-refractivity contribution in [3.63, 3.8) is 0 Å². The number of nitrogens with zero attached hydrogens (tertiary/aromatic N) is 1. The maximum absolute atomic E-state index is 13.4. The molecule has 0 atom stereocenters. The summed E-state index contributed by atoms with van der Waals surface area (Å²) in [7, 11) is 3.48. The molecule has 0 aliphatic heterocycles. The van der Waals surface area contributed by atoms with E-state index in [0.29, 0.717) is 24.5 Å². The molecule has 0 fully saturated rings. The van der Waals surface area contributed by atoms with Gasteiger partial charge in [0.2, 0.25) is 0 Å². The van der Waals surface area contributed by atoms with E-state index in [1.807, 2.05) is 0 Å². The van der Waals surface area contributed by atoms with Crippen LogP contribution in [0, 0.1) is 5.82 Å². The Morgan fingerprint density at radius 3 is 2.76 bits per heavy atom. The van der Waals surface area contributed by atoms with Crippen molar-refractivity contribution < 1.29 is 4.39 Å². The third kappa shape index (κ3) is 5.67. The van der Waals surface area contributed by atoms with Crippen LogP contribution in [0.1, 0.15) is 5.56 Å². The van der Waals surface area contributed by atoms with Crippen molar-refractivity contribution >= 4 is 45.9 Å². The highest BCUT2D eigenvalue weighted by Gasteiger charge is 2.02. The number of hydrogen-bond acceptors (Lipinski definition) is 1. The largest absolute Gasteiger partial charge is 0.359 e. The Morgan fingerprint density at radius 2 is 2.18 bits per heavy atom. The van der Waals surface area contributed by atoms with Crippen LogP contribution in [-0.4, -0.2) is 26.6 Å². The zero-order valence-corrected chi connectivity index (χ0v) is 13.7. The molecule has 1 aromatic carbocycles. The molecule has 0 aliphatic rings. The van der Waals surface area contributed by atoms with Gasteiger partial charge in [-0.1, -0.05) is 15.9 Å². The van der Waals surface area contributed by atoms with Gasteiger partial charge in [-0.15, -0.1) is 24.0 Å². The maximum Gasteiger partial charge on any atom is 0.190 e. The van der Waals surface area contributed by atoms with E-state index >= 15 is 0 Å². The maximum atomic E-state index is 13.4. The van der Waals surface area contributed by atoms with E-state index in [9.17, 15) is 4.39 Å². The van der Waals surface area contributed by atoms with Crippen LogP contribution >= 0.6 is 39.9 Å². The monoisotopic (exact) mass is 415 g/mol. The molecule has 3 nitrogen and oxygen atoms in total. The first-order valence-corrected chi connectivity index (χ1v) is 5.79. The van der Waals surface area contributed by atoms with E-state index in [1.165, 1.54) is 6.07 Å². The molecule has 0 amide bonds. The van der Waals surface area contributed by atoms with Crippen LogP contribution in [0.25, 0.3) is 0 Å². The zero-order valence-electron chi connectivity index (χ0n) is 9.76. The van der Waals surface area contributed by atoms with Crippen molar-refractivity contribution in [3.8, 4) is 0 Å². The van der Waals surface area contributed by atoms with Gasteiger partial charge in [-0.3, -0.25) is 4.99 Å². The van der Waals surface area contributed by atoms with Gasteiger partial charge >= 0.3 is 0 Å². The van der Waals surface area contributed by atoms with Gasteiger partial charge in [-0.25, -0.2) is 4.39 Å². The van der Waals surface area contributed by atoms with Crippen molar-refractivity contribution in [3.05, 3.63) is 34.1 Å². The fraction of sp³-hybridized carbons (Fsp3) is 0.364. The van der Waals surface area contributed by atoms with Gasteiger partial charge in [0.05, 0.1) is 0 Å². The van der Waals surface area contributed by atoms with Crippen molar-refractivity contribution in [2.24, 2.45) is 4.99 Å². The van der Waals surface area contributed by atoms with Gasteiger partial charge in [-0.05, 0) is 30.2 Å². The van der Waals surface area contributed by atoms with Gasteiger partial charge in [0.1, 0.15) is 5.82 Å². The van der Waals surface area contributed by atoms with E-state index in [2.05, 4.69) is 31.6 Å². The molecule has 0 unspecified atom stereocenters. The number of aliphatic imine (C=N–C) groups is 1. The quantitative estimate of drug-likeness (QED) is 0.452. The number of hydrogen-bond donors (Lipinski definition) is 2. The number of benzene rings is 1. The topological polar surface area (TPSA) is 36.4 Å². The number of nitrogens with one attached hydrogen (secondary N) is 2. The van der Waals surface area contributed by atoms with Gasteiger partial charge in [0.15, 0.2) is 5.96 Å². The number of guanidine groups is 1. The predicted molar refractivity (Wildman–Crippen MR) is 83.6 cm³/mol. The van der Waals surface area contributed by atoms with Gasteiger partial charge < -0.3 is 10.6 Å². The Morgan fingerprint density at radius 1 is 1.47 bits per heavy atom. The molecule has 1 rings (SSSR count). The van der Waals surface area contributed by atoms with Crippen LogP contribution in [0.5, 0.6) is 0 Å². The van der Waals surface area contributed by atoms with Gasteiger partial charge in [-0.2, -0.15) is 0 Å². The lowest BCUT2D eigenvalue weighted by atomic mass is 10.1. The fourth-order valence-electron chi connectivity index (χ4n) is 1.33. The zero-order chi connectivity index (χ0) is 12.0. The lowest BCUT2D eigenvalue weighted by Gasteiger charge is -2.09. The van der Waals surface area contributed by atoms with Gasteiger partial charge in [0, 0.05) is 25.1 Å². The summed E-state index contributed by atoms with van der Waals surface area (Å²) in [4.78, 5) is 3.97. The van der Waals surface area contributed by atoms with Crippen LogP contribution in [-0.2, 0) is 6.42 Å². The van der Waals surface area contributed by atoms with E-state index in [0.717, 1.165) is 4.47 Å². The average molecular weight is 416 g/mol. The molecule has 17 heavy (non-hydrogen) atoms. The highest BCUT2D eigenvalue weighted by Crippen LogP contribution is 2.15. The minimum atomic E-state index is -0.176. The summed E-state index contributed by atoms with van der Waals surface area (Å²) < 4.78 is 14.3. The molecule has 1 aromatic rings. The van der Waals surface area contributed by atoms with Crippen LogP contribution in [0.2, 0.25) is 0 Å². The Bertz CT molecular complexity index is 385. The van der Waals surface area contributed by atoms with E-state index in [-0.39, 0.29) is 29.8 Å². The molecular formula is C11H16BrFIN3. The third-order valence-electron chi connectivity index (χ3n) is 2.15. The lowest BCUT2D eigenvalue weighted by Crippen LogP contribution is -2.35. The summed E-state index contributed by atoms with van der Waals surface area (Å²) in [6, 6.07) is 4.95. The fourth-order valence-corrected chi connectivity index (χ4v) is 1.74. The van der Waals surface area contributed by atoms with Crippen LogP contribution in [0.15, 0.2) is 27.7 Å². The summed E-state index contributed by atoms with van der Waals surface area (Å²) in [5.41, 5.74) is 0.688. The second-order valence-corrected chi connectivity index (χ2v) is 4.15. The lowest BCUT2D eigenvalue weighted by molar-refractivity contribution is 0.606. The molecule has 96 valence electrons. The molecule has 0 bridgehead atoms. The van der Waals surface area contributed by atoms with Gasteiger partial charge in [0.25, 0.3) is 0 Å². The van der Waals surface area contributed by atoms with Crippen LogP contribution < -0.4 is 10.6 Å². The molecule has 0 saturated heterocycles. The Labute approximate surface area is 126 Å². The molecule has 0 heterocycles. The molecular weight excluding hydrogens is 400 g/mol. The van der Waals surface area contributed by atoms with E-state index in [1.54, 1.807) is 26.2 Å². The van der Waals surface area contributed by atoms with Crippen molar-refractivity contribution in [1.82, 2.24) is 10.6 Å². The normalized spacial score (nSPS) is 10.7. The second kappa shape index (κ2) is 8.68. The first kappa shape index (κ1) is 16.6.